The van der Waals surface area contributed by atoms with E-state index in [2.05, 4.69) is 20.5 Å². The van der Waals surface area contributed by atoms with Crippen LogP contribution in [-0.2, 0) is 11.2 Å². The van der Waals surface area contributed by atoms with Gasteiger partial charge in [-0.2, -0.15) is 5.10 Å². The van der Waals surface area contributed by atoms with Crippen molar-refractivity contribution in [1.82, 2.24) is 20.5 Å². The van der Waals surface area contributed by atoms with Crippen molar-refractivity contribution in [2.45, 2.75) is 43.9 Å². The summed E-state index contributed by atoms with van der Waals surface area (Å²) in [6.07, 6.45) is 4.06. The summed E-state index contributed by atoms with van der Waals surface area (Å²) in [6.45, 7) is 2.28. The molecule has 0 radical (unpaired) electrons. The lowest BCUT2D eigenvalue weighted by Crippen LogP contribution is -2.30. The van der Waals surface area contributed by atoms with Crippen molar-refractivity contribution >= 4 is 17.5 Å². The molecule has 1 fully saturated rings. The van der Waals surface area contributed by atoms with Crippen molar-refractivity contribution in [3.63, 3.8) is 0 Å². The fourth-order valence-electron chi connectivity index (χ4n) is 1.55. The van der Waals surface area contributed by atoms with Gasteiger partial charge < -0.3 is 5.32 Å². The number of hydrogen-bond acceptors (Lipinski definition) is 3. The molecule has 0 aliphatic heterocycles. The van der Waals surface area contributed by atoms with E-state index in [1.165, 1.54) is 12.8 Å². The number of carbonyl (C=O) groups is 1. The Kier molecular flexibility index (Phi) is 3.99. The summed E-state index contributed by atoms with van der Waals surface area (Å²) < 4.78 is 0. The number of aromatic nitrogens is 3. The highest BCUT2D eigenvalue weighted by Crippen LogP contribution is 2.37. The van der Waals surface area contributed by atoms with Gasteiger partial charge in [0.05, 0.1) is 0 Å². The first kappa shape index (κ1) is 12.4. The maximum atomic E-state index is 11.2. The molecule has 1 aromatic rings. The molecule has 5 nitrogen and oxygen atoms in total. The second kappa shape index (κ2) is 5.49. The average Bonchev–Trinajstić information content (AvgIpc) is 3.04. The second-order valence-corrected chi connectivity index (χ2v) is 5.08. The lowest BCUT2D eigenvalue weighted by Gasteiger charge is -2.04. The summed E-state index contributed by atoms with van der Waals surface area (Å²) in [7, 11) is 0. The number of nitrogens with one attached hydrogen (secondary N) is 2. The first-order valence-electron chi connectivity index (χ1n) is 6.00. The van der Waals surface area contributed by atoms with Gasteiger partial charge in [-0.1, -0.05) is 0 Å². The largest absolute Gasteiger partial charge is 0.355 e. The Hall–Kier alpha value is -1.10. The number of amides is 1. The van der Waals surface area contributed by atoms with Crippen molar-refractivity contribution in [3.05, 3.63) is 11.6 Å². The summed E-state index contributed by atoms with van der Waals surface area (Å²) in [5, 5.41) is 9.40. The van der Waals surface area contributed by atoms with Crippen molar-refractivity contribution < 1.29 is 4.79 Å². The van der Waals surface area contributed by atoms with Crippen LogP contribution in [0.1, 0.15) is 43.8 Å². The van der Waals surface area contributed by atoms with Gasteiger partial charge in [-0.25, -0.2) is 4.98 Å². The Labute approximate surface area is 105 Å². The Morgan fingerprint density at radius 1 is 1.65 bits per heavy atom. The normalized spacial score (nSPS) is 16.8. The first-order chi connectivity index (χ1) is 8.16. The number of rotatable bonds is 6. The maximum Gasteiger partial charge on any atom is 0.237 e. The number of aromatic amines is 1. The van der Waals surface area contributed by atoms with Gasteiger partial charge in [0.15, 0.2) is 5.82 Å². The summed E-state index contributed by atoms with van der Waals surface area (Å²) in [4.78, 5) is 15.6. The van der Waals surface area contributed by atoms with Crippen LogP contribution in [0, 0.1) is 0 Å². The number of H-pyrrole nitrogens is 1. The summed E-state index contributed by atoms with van der Waals surface area (Å²) in [5.74, 6) is 2.30. The van der Waals surface area contributed by atoms with Crippen LogP contribution in [0.2, 0.25) is 0 Å². The van der Waals surface area contributed by atoms with Crippen molar-refractivity contribution in [1.29, 1.82) is 0 Å². The van der Waals surface area contributed by atoms with Crippen LogP contribution in [0.15, 0.2) is 0 Å². The average molecular weight is 257 g/mol. The highest BCUT2D eigenvalue weighted by molar-refractivity contribution is 6.30. The molecule has 2 N–H and O–H groups in total. The van der Waals surface area contributed by atoms with Gasteiger partial charge in [0.2, 0.25) is 5.91 Å². The van der Waals surface area contributed by atoms with Gasteiger partial charge in [0.25, 0.3) is 0 Å². The SMILES string of the molecule is CC(Cl)C(=O)NCCCc1nc(C2CC2)n[nH]1. The van der Waals surface area contributed by atoms with E-state index in [9.17, 15) is 4.79 Å². The molecule has 0 aromatic carbocycles. The van der Waals surface area contributed by atoms with Crippen molar-refractivity contribution in [3.8, 4) is 0 Å². The van der Waals surface area contributed by atoms with Crippen LogP contribution in [0.5, 0.6) is 0 Å². The molecule has 0 spiro atoms. The van der Waals surface area contributed by atoms with Crippen LogP contribution in [0.25, 0.3) is 0 Å². The fraction of sp³-hybridized carbons (Fsp3) is 0.727. The van der Waals surface area contributed by atoms with Crippen LogP contribution in [0.4, 0.5) is 0 Å². The molecule has 1 unspecified atom stereocenters. The zero-order chi connectivity index (χ0) is 12.3. The summed E-state index contributed by atoms with van der Waals surface area (Å²) >= 11 is 5.63. The van der Waals surface area contributed by atoms with Crippen LogP contribution < -0.4 is 5.32 Å². The zero-order valence-corrected chi connectivity index (χ0v) is 10.6. The van der Waals surface area contributed by atoms with E-state index in [0.717, 1.165) is 24.5 Å². The highest BCUT2D eigenvalue weighted by Gasteiger charge is 2.27. The van der Waals surface area contributed by atoms with E-state index in [1.54, 1.807) is 6.92 Å². The lowest BCUT2D eigenvalue weighted by atomic mass is 10.3. The van der Waals surface area contributed by atoms with E-state index < -0.39 is 5.38 Å². The van der Waals surface area contributed by atoms with Crippen molar-refractivity contribution in [2.24, 2.45) is 0 Å². The van der Waals surface area contributed by atoms with E-state index in [1.807, 2.05) is 0 Å². The standard InChI is InChI=1S/C11H17ClN4O/c1-7(12)11(17)13-6-2-3-9-14-10(16-15-9)8-4-5-8/h7-8H,2-6H2,1H3,(H,13,17)(H,14,15,16). The highest BCUT2D eigenvalue weighted by atomic mass is 35.5. The molecular weight excluding hydrogens is 240 g/mol. The Morgan fingerprint density at radius 2 is 2.41 bits per heavy atom. The number of aryl methyl sites for hydroxylation is 1. The van der Waals surface area contributed by atoms with Gasteiger partial charge >= 0.3 is 0 Å². The minimum absolute atomic E-state index is 0.122. The molecule has 1 aromatic heterocycles. The van der Waals surface area contributed by atoms with Gasteiger partial charge in [-0.3, -0.25) is 9.89 Å². The molecule has 1 saturated carbocycles. The number of halogens is 1. The molecule has 2 rings (SSSR count). The van der Waals surface area contributed by atoms with Gasteiger partial charge in [-0.05, 0) is 26.2 Å². The lowest BCUT2D eigenvalue weighted by molar-refractivity contribution is -0.120. The monoisotopic (exact) mass is 256 g/mol. The number of alkyl halides is 1. The summed E-state index contributed by atoms with van der Waals surface area (Å²) in [6, 6.07) is 0. The molecule has 1 amide bonds. The second-order valence-electron chi connectivity index (χ2n) is 4.43. The number of hydrogen-bond donors (Lipinski definition) is 2. The third-order valence-corrected chi connectivity index (χ3v) is 2.94. The topological polar surface area (TPSA) is 70.7 Å². The molecule has 0 bridgehead atoms. The van der Waals surface area contributed by atoms with Gasteiger partial charge in [0, 0.05) is 18.9 Å². The van der Waals surface area contributed by atoms with E-state index in [4.69, 9.17) is 11.6 Å². The molecule has 1 aliphatic rings. The van der Waals surface area contributed by atoms with Crippen LogP contribution in [0.3, 0.4) is 0 Å². The Morgan fingerprint density at radius 3 is 3.06 bits per heavy atom. The Bertz CT molecular complexity index is 387. The molecule has 1 atom stereocenters. The van der Waals surface area contributed by atoms with E-state index in [0.29, 0.717) is 12.5 Å². The third-order valence-electron chi connectivity index (χ3n) is 2.74. The molecule has 0 saturated heterocycles. The van der Waals surface area contributed by atoms with Gasteiger partial charge in [0.1, 0.15) is 11.2 Å². The number of nitrogens with zero attached hydrogens (tertiary/aromatic N) is 2. The molecule has 1 heterocycles. The predicted octanol–water partition coefficient (Wildman–Crippen LogP) is 1.36. The Balaban J connectivity index is 1.65. The quantitative estimate of drug-likeness (QED) is 0.596. The zero-order valence-electron chi connectivity index (χ0n) is 9.87. The number of carbonyl (C=O) groups excluding carboxylic acids is 1. The van der Waals surface area contributed by atoms with Crippen molar-refractivity contribution in [2.75, 3.05) is 6.54 Å². The molecule has 6 heteroatoms. The molecule has 1 aliphatic carbocycles. The first-order valence-corrected chi connectivity index (χ1v) is 6.43. The van der Waals surface area contributed by atoms with E-state index >= 15 is 0 Å². The smallest absolute Gasteiger partial charge is 0.237 e. The molecule has 17 heavy (non-hydrogen) atoms. The molecular formula is C11H17ClN4O. The molecule has 94 valence electrons. The third kappa shape index (κ3) is 3.70. The summed E-state index contributed by atoms with van der Waals surface area (Å²) in [5.41, 5.74) is 0. The van der Waals surface area contributed by atoms with Gasteiger partial charge in [-0.15, -0.1) is 11.6 Å². The predicted molar refractivity (Wildman–Crippen MR) is 65.0 cm³/mol. The maximum absolute atomic E-state index is 11.2. The minimum Gasteiger partial charge on any atom is -0.355 e. The minimum atomic E-state index is -0.471. The van der Waals surface area contributed by atoms with E-state index in [-0.39, 0.29) is 5.91 Å². The van der Waals surface area contributed by atoms with Crippen LogP contribution in [-0.4, -0.2) is 33.0 Å². The fourth-order valence-corrected chi connectivity index (χ4v) is 1.63. The van der Waals surface area contributed by atoms with Crippen LogP contribution >= 0.6 is 11.6 Å².